The van der Waals surface area contributed by atoms with Gasteiger partial charge in [0, 0.05) is 6.04 Å². The number of rotatable bonds is 6. The Bertz CT molecular complexity index is 1060. The molecule has 33 heavy (non-hydrogen) atoms. The first kappa shape index (κ1) is 23.0. The summed E-state index contributed by atoms with van der Waals surface area (Å²) >= 11 is 0. The van der Waals surface area contributed by atoms with E-state index < -0.39 is 35.3 Å². The number of fused-ring (bicyclic) bond motifs is 1. The average Bonchev–Trinajstić information content (AvgIpc) is 3.27. The molecular weight excluding hydrogens is 420 g/mol. The molecule has 2 heterocycles. The van der Waals surface area contributed by atoms with E-state index in [0.717, 1.165) is 5.56 Å². The maximum Gasteiger partial charge on any atom is 0.326 e. The van der Waals surface area contributed by atoms with Crippen LogP contribution < -0.4 is 15.0 Å². The number of esters is 1. The van der Waals surface area contributed by atoms with E-state index in [2.05, 4.69) is 19.2 Å². The summed E-state index contributed by atoms with van der Waals surface area (Å²) in [6.07, 6.45) is 0. The third-order valence-electron chi connectivity index (χ3n) is 6.78. The number of nitrogens with zero attached hydrogens (tertiary/aromatic N) is 1. The number of carbonyl (C=O) groups is 3. The van der Waals surface area contributed by atoms with Gasteiger partial charge in [-0.1, -0.05) is 38.1 Å². The summed E-state index contributed by atoms with van der Waals surface area (Å²) in [5.74, 6) is -1.86. The first-order valence-corrected chi connectivity index (χ1v) is 11.3. The fourth-order valence-corrected chi connectivity index (χ4v) is 4.97. The Morgan fingerprint density at radius 2 is 1.70 bits per heavy atom. The highest BCUT2D eigenvalue weighted by molar-refractivity contribution is 6.24. The van der Waals surface area contributed by atoms with Crippen LogP contribution in [-0.4, -0.2) is 37.0 Å². The molecule has 0 unspecified atom stereocenters. The molecule has 0 bridgehead atoms. The van der Waals surface area contributed by atoms with E-state index in [1.54, 1.807) is 45.2 Å². The molecule has 1 N–H and O–H groups in total. The normalized spacial score (nSPS) is 26.6. The number of hydrogen-bond donors (Lipinski definition) is 1. The topological polar surface area (TPSA) is 84.9 Å². The molecule has 2 fully saturated rings. The first-order chi connectivity index (χ1) is 15.7. The third-order valence-corrected chi connectivity index (χ3v) is 6.78. The second-order valence-electron chi connectivity index (χ2n) is 9.08. The summed E-state index contributed by atoms with van der Waals surface area (Å²) in [5.41, 5.74) is 1.17. The molecule has 2 amide bonds. The van der Waals surface area contributed by atoms with E-state index in [0.29, 0.717) is 17.4 Å². The number of nitrogens with one attached hydrogen (secondary N) is 1. The summed E-state index contributed by atoms with van der Waals surface area (Å²) in [7, 11) is 1.55. The van der Waals surface area contributed by atoms with E-state index in [4.69, 9.17) is 9.47 Å². The van der Waals surface area contributed by atoms with Crippen molar-refractivity contribution < 1.29 is 23.9 Å². The van der Waals surface area contributed by atoms with Gasteiger partial charge in [0.2, 0.25) is 11.8 Å². The van der Waals surface area contributed by atoms with Gasteiger partial charge in [0.1, 0.15) is 11.3 Å². The number of hydrogen-bond acceptors (Lipinski definition) is 6. The van der Waals surface area contributed by atoms with Crippen LogP contribution in [0.2, 0.25) is 0 Å². The van der Waals surface area contributed by atoms with E-state index in [-0.39, 0.29) is 12.5 Å². The summed E-state index contributed by atoms with van der Waals surface area (Å²) in [5, 5.41) is 3.31. The molecule has 174 valence electrons. The molecular formula is C26H30N2O5. The minimum atomic E-state index is -1.32. The van der Waals surface area contributed by atoms with Crippen LogP contribution >= 0.6 is 0 Å². The van der Waals surface area contributed by atoms with Gasteiger partial charge in [-0.05, 0) is 55.2 Å². The highest BCUT2D eigenvalue weighted by Gasteiger charge is 2.67. The zero-order chi connectivity index (χ0) is 23.9. The Balaban J connectivity index is 1.77. The summed E-state index contributed by atoms with van der Waals surface area (Å²) in [6, 6.07) is 14.3. The van der Waals surface area contributed by atoms with Crippen LogP contribution in [0.3, 0.4) is 0 Å². The molecule has 2 aliphatic rings. The van der Waals surface area contributed by atoms with Crippen LogP contribution in [0.25, 0.3) is 0 Å². The molecule has 0 spiro atoms. The van der Waals surface area contributed by atoms with Gasteiger partial charge in [0.25, 0.3) is 0 Å². The van der Waals surface area contributed by atoms with Crippen LogP contribution in [0, 0.1) is 11.8 Å². The van der Waals surface area contributed by atoms with Crippen molar-refractivity contribution in [2.75, 3.05) is 18.6 Å². The number of methoxy groups -OCH3 is 1. The number of amides is 2. The zero-order valence-corrected chi connectivity index (χ0v) is 19.6. The lowest BCUT2D eigenvalue weighted by atomic mass is 9.80. The lowest BCUT2D eigenvalue weighted by Gasteiger charge is -2.29. The number of carbonyl (C=O) groups excluding carboxylic acids is 3. The summed E-state index contributed by atoms with van der Waals surface area (Å²) in [4.78, 5) is 41.5. The predicted octanol–water partition coefficient (Wildman–Crippen LogP) is 3.59. The summed E-state index contributed by atoms with van der Waals surface area (Å²) < 4.78 is 10.5. The Morgan fingerprint density at radius 3 is 2.24 bits per heavy atom. The molecule has 0 aromatic heterocycles. The molecule has 2 aromatic carbocycles. The zero-order valence-electron chi connectivity index (χ0n) is 19.6. The smallest absolute Gasteiger partial charge is 0.326 e. The second-order valence-corrected chi connectivity index (χ2v) is 9.08. The molecule has 0 radical (unpaired) electrons. The Kier molecular flexibility index (Phi) is 6.01. The van der Waals surface area contributed by atoms with Crippen LogP contribution in [0.5, 0.6) is 5.75 Å². The van der Waals surface area contributed by atoms with Crippen LogP contribution in [0.1, 0.15) is 50.8 Å². The van der Waals surface area contributed by atoms with Gasteiger partial charge >= 0.3 is 5.97 Å². The van der Waals surface area contributed by atoms with E-state index in [1.807, 2.05) is 24.3 Å². The van der Waals surface area contributed by atoms with Crippen molar-refractivity contribution in [2.24, 2.45) is 11.8 Å². The van der Waals surface area contributed by atoms with Gasteiger partial charge in [0.15, 0.2) is 0 Å². The van der Waals surface area contributed by atoms with Gasteiger partial charge in [-0.3, -0.25) is 19.7 Å². The fourth-order valence-electron chi connectivity index (χ4n) is 4.97. The lowest BCUT2D eigenvalue weighted by molar-refractivity contribution is -0.153. The quantitative estimate of drug-likeness (QED) is 0.535. The van der Waals surface area contributed by atoms with Crippen molar-refractivity contribution in [3.8, 4) is 5.75 Å². The Morgan fingerprint density at radius 1 is 1.06 bits per heavy atom. The van der Waals surface area contributed by atoms with Gasteiger partial charge in [-0.25, -0.2) is 4.90 Å². The number of imide groups is 1. The molecule has 2 aliphatic heterocycles. The van der Waals surface area contributed by atoms with Crippen molar-refractivity contribution in [1.82, 2.24) is 5.32 Å². The predicted molar refractivity (Wildman–Crippen MR) is 124 cm³/mol. The van der Waals surface area contributed by atoms with Crippen LogP contribution in [0.4, 0.5) is 5.69 Å². The monoisotopic (exact) mass is 450 g/mol. The van der Waals surface area contributed by atoms with Gasteiger partial charge in [-0.15, -0.1) is 0 Å². The molecule has 0 aliphatic carbocycles. The van der Waals surface area contributed by atoms with E-state index >= 15 is 0 Å². The van der Waals surface area contributed by atoms with Gasteiger partial charge in [0.05, 0.1) is 31.2 Å². The maximum atomic E-state index is 13.7. The lowest BCUT2D eigenvalue weighted by Crippen LogP contribution is -2.54. The SMILES string of the molecule is CCOC(=O)[C@@]1(C)N[C@@H](c2ccc(C(C)C)cc2)[C@H]2C(=O)N(c3ccc(OC)cc3)C(=O)[C@H]21. The molecule has 7 heteroatoms. The molecule has 4 atom stereocenters. The van der Waals surface area contributed by atoms with Crippen molar-refractivity contribution in [2.45, 2.75) is 45.2 Å². The molecule has 2 saturated heterocycles. The van der Waals surface area contributed by atoms with Gasteiger partial charge in [-0.2, -0.15) is 0 Å². The fraction of sp³-hybridized carbons (Fsp3) is 0.423. The van der Waals surface area contributed by atoms with Crippen molar-refractivity contribution >= 4 is 23.5 Å². The minimum Gasteiger partial charge on any atom is -0.497 e. The third kappa shape index (κ3) is 3.70. The van der Waals surface area contributed by atoms with Crippen molar-refractivity contribution in [3.63, 3.8) is 0 Å². The number of ether oxygens (including phenoxy) is 2. The minimum absolute atomic E-state index is 0.186. The average molecular weight is 451 g/mol. The summed E-state index contributed by atoms with van der Waals surface area (Å²) in [6.45, 7) is 7.80. The first-order valence-electron chi connectivity index (χ1n) is 11.3. The standard InChI is InChI=1S/C26H30N2O5/c1-6-33-25(31)26(4)21-20(22(27-26)17-9-7-16(8-10-17)15(2)3)23(29)28(24(21)30)18-11-13-19(32-5)14-12-18/h7-15,20-22,27H,6H2,1-5H3/t20-,21-,22-,26-/m0/s1. The molecule has 0 saturated carbocycles. The van der Waals surface area contributed by atoms with E-state index in [9.17, 15) is 14.4 Å². The molecule has 7 nitrogen and oxygen atoms in total. The highest BCUT2D eigenvalue weighted by atomic mass is 16.5. The van der Waals surface area contributed by atoms with Crippen LogP contribution in [0.15, 0.2) is 48.5 Å². The largest absolute Gasteiger partial charge is 0.497 e. The molecule has 2 aromatic rings. The molecule has 4 rings (SSSR count). The van der Waals surface area contributed by atoms with Gasteiger partial charge < -0.3 is 9.47 Å². The van der Waals surface area contributed by atoms with Crippen LogP contribution in [-0.2, 0) is 19.1 Å². The van der Waals surface area contributed by atoms with E-state index in [1.165, 1.54) is 10.5 Å². The van der Waals surface area contributed by atoms with Crippen molar-refractivity contribution in [3.05, 3.63) is 59.7 Å². The number of benzene rings is 2. The second kappa shape index (κ2) is 8.63. The Hall–Kier alpha value is -3.19. The number of anilines is 1. The van der Waals surface area contributed by atoms with Crippen molar-refractivity contribution in [1.29, 1.82) is 0 Å². The maximum absolute atomic E-state index is 13.7. The highest BCUT2D eigenvalue weighted by Crippen LogP contribution is 2.50. The Labute approximate surface area is 194 Å².